The molecule has 0 atom stereocenters. The predicted molar refractivity (Wildman–Crippen MR) is 110 cm³/mol. The number of nitrogens with two attached hydrogens (primary N) is 1. The molecule has 150 valence electrons. The van der Waals surface area contributed by atoms with Gasteiger partial charge in [-0.15, -0.1) is 0 Å². The number of nitrogens with one attached hydrogen (secondary N) is 2. The molecule has 2 aromatic rings. The molecule has 0 spiro atoms. The molecule has 0 radical (unpaired) electrons. The van der Waals surface area contributed by atoms with Gasteiger partial charge in [-0.2, -0.15) is 8.42 Å². The van der Waals surface area contributed by atoms with Crippen molar-refractivity contribution in [2.45, 2.75) is 44.6 Å². The van der Waals surface area contributed by atoms with E-state index in [9.17, 15) is 13.2 Å². The van der Waals surface area contributed by atoms with Crippen LogP contribution in [0.1, 0.15) is 54.0 Å². The van der Waals surface area contributed by atoms with Crippen molar-refractivity contribution in [3.05, 3.63) is 70.8 Å². The van der Waals surface area contributed by atoms with E-state index in [4.69, 9.17) is 5.14 Å². The number of hydrogen-bond donors (Lipinski definition) is 3. The normalized spacial score (nSPS) is 14.0. The number of unbranched alkanes of at least 4 members (excludes halogenated alkanes) is 2. The second-order valence-electron chi connectivity index (χ2n) is 7.15. The molecule has 7 heteroatoms. The minimum atomic E-state index is -3.64. The highest BCUT2D eigenvalue weighted by Gasteiger charge is 2.24. The van der Waals surface area contributed by atoms with E-state index >= 15 is 0 Å². The van der Waals surface area contributed by atoms with E-state index in [0.29, 0.717) is 25.8 Å². The molecule has 1 aliphatic carbocycles. The van der Waals surface area contributed by atoms with Gasteiger partial charge in [-0.25, -0.2) is 9.86 Å². The molecule has 0 unspecified atom stereocenters. The average Bonchev–Trinajstić information content (AvgIpc) is 2.82. The summed E-state index contributed by atoms with van der Waals surface area (Å²) >= 11 is 0. The summed E-state index contributed by atoms with van der Waals surface area (Å²) in [6, 6.07) is 16.5. The Labute approximate surface area is 166 Å². The van der Waals surface area contributed by atoms with E-state index in [1.54, 1.807) is 0 Å². The van der Waals surface area contributed by atoms with Crippen molar-refractivity contribution in [2.75, 3.05) is 6.54 Å². The molecule has 1 aliphatic rings. The highest BCUT2D eigenvalue weighted by Crippen LogP contribution is 2.32. The maximum Gasteiger partial charge on any atom is 0.274 e. The SMILES string of the molecule is NS(=O)(=O)NCCCCCC(=O)NC1c2ccccc2CCc2ccccc21. The molecule has 28 heavy (non-hydrogen) atoms. The quantitative estimate of drug-likeness (QED) is 0.592. The first-order chi connectivity index (χ1) is 13.4. The van der Waals surface area contributed by atoms with E-state index in [2.05, 4.69) is 34.3 Å². The van der Waals surface area contributed by atoms with Gasteiger partial charge in [0, 0.05) is 13.0 Å². The molecule has 4 N–H and O–H groups in total. The second kappa shape index (κ2) is 9.32. The van der Waals surface area contributed by atoms with Crippen LogP contribution in [0.25, 0.3) is 0 Å². The van der Waals surface area contributed by atoms with Gasteiger partial charge in [-0.1, -0.05) is 55.0 Å². The van der Waals surface area contributed by atoms with Crippen molar-refractivity contribution in [3.63, 3.8) is 0 Å². The van der Waals surface area contributed by atoms with Gasteiger partial charge in [0.15, 0.2) is 0 Å². The van der Waals surface area contributed by atoms with Gasteiger partial charge >= 0.3 is 0 Å². The van der Waals surface area contributed by atoms with Crippen molar-refractivity contribution < 1.29 is 13.2 Å². The number of carbonyl (C=O) groups is 1. The van der Waals surface area contributed by atoms with Crippen LogP contribution in [0.2, 0.25) is 0 Å². The first-order valence-electron chi connectivity index (χ1n) is 9.66. The molecule has 0 heterocycles. The van der Waals surface area contributed by atoms with Gasteiger partial charge in [-0.05, 0) is 47.9 Å². The maximum absolute atomic E-state index is 12.6. The Hall–Kier alpha value is -2.22. The van der Waals surface area contributed by atoms with Crippen LogP contribution < -0.4 is 15.2 Å². The van der Waals surface area contributed by atoms with Crippen LogP contribution >= 0.6 is 0 Å². The zero-order chi connectivity index (χ0) is 20.0. The predicted octanol–water partition coefficient (Wildman–Crippen LogP) is 2.34. The Bertz CT molecular complexity index is 880. The number of fused-ring (bicyclic) bond motifs is 2. The summed E-state index contributed by atoms with van der Waals surface area (Å²) in [4.78, 5) is 12.6. The lowest BCUT2D eigenvalue weighted by molar-refractivity contribution is -0.121. The van der Waals surface area contributed by atoms with Gasteiger partial charge in [0.05, 0.1) is 6.04 Å². The summed E-state index contributed by atoms with van der Waals surface area (Å²) in [6.07, 6.45) is 4.46. The number of rotatable bonds is 8. The van der Waals surface area contributed by atoms with Crippen LogP contribution in [-0.2, 0) is 27.8 Å². The van der Waals surface area contributed by atoms with Gasteiger partial charge in [0.1, 0.15) is 0 Å². The first kappa shape index (κ1) is 20.5. The topological polar surface area (TPSA) is 101 Å². The largest absolute Gasteiger partial charge is 0.345 e. The summed E-state index contributed by atoms with van der Waals surface area (Å²) in [5.74, 6) is 0.0101. The number of aryl methyl sites for hydroxylation is 2. The summed E-state index contributed by atoms with van der Waals surface area (Å²) < 4.78 is 23.9. The number of benzene rings is 2. The van der Waals surface area contributed by atoms with Crippen LogP contribution in [0.3, 0.4) is 0 Å². The lowest BCUT2D eigenvalue weighted by Crippen LogP contribution is -2.31. The summed E-state index contributed by atoms with van der Waals surface area (Å²) in [5, 5.41) is 8.11. The smallest absolute Gasteiger partial charge is 0.274 e. The fourth-order valence-corrected chi connectivity index (χ4v) is 4.14. The Balaban J connectivity index is 1.61. The van der Waals surface area contributed by atoms with Gasteiger partial charge < -0.3 is 5.32 Å². The van der Waals surface area contributed by atoms with Crippen molar-refractivity contribution in [1.82, 2.24) is 10.0 Å². The standard InChI is InChI=1S/C21H27N3O3S/c22-28(26,27)23-15-7-1-2-12-20(25)24-21-18-10-5-3-8-16(18)13-14-17-9-4-6-11-19(17)21/h3-6,8-11,21,23H,1-2,7,12-15H2,(H,24,25)(H2,22,26,27). The van der Waals surface area contributed by atoms with Crippen LogP contribution in [0.4, 0.5) is 0 Å². The molecule has 1 amide bonds. The van der Waals surface area contributed by atoms with Gasteiger partial charge in [0.25, 0.3) is 10.2 Å². The number of carbonyl (C=O) groups excluding carboxylic acids is 1. The van der Waals surface area contributed by atoms with E-state index in [1.165, 1.54) is 11.1 Å². The molecule has 0 saturated heterocycles. The highest BCUT2D eigenvalue weighted by atomic mass is 32.2. The maximum atomic E-state index is 12.6. The number of amides is 1. The van der Waals surface area contributed by atoms with E-state index in [0.717, 1.165) is 30.4 Å². The third-order valence-electron chi connectivity index (χ3n) is 5.09. The lowest BCUT2D eigenvalue weighted by atomic mass is 9.94. The molecule has 0 aliphatic heterocycles. The molecular formula is C21H27N3O3S. The fraction of sp³-hybridized carbons (Fsp3) is 0.381. The fourth-order valence-electron chi connectivity index (χ4n) is 3.71. The molecule has 6 nitrogen and oxygen atoms in total. The van der Waals surface area contributed by atoms with Gasteiger partial charge in [0.2, 0.25) is 5.91 Å². The van der Waals surface area contributed by atoms with E-state index < -0.39 is 10.2 Å². The molecule has 0 saturated carbocycles. The van der Waals surface area contributed by atoms with Crippen molar-refractivity contribution in [2.24, 2.45) is 5.14 Å². The van der Waals surface area contributed by atoms with Crippen LogP contribution in [0, 0.1) is 0 Å². The lowest BCUT2D eigenvalue weighted by Gasteiger charge is -2.22. The molecule has 0 bridgehead atoms. The van der Waals surface area contributed by atoms with Crippen molar-refractivity contribution >= 4 is 16.1 Å². The summed E-state index contributed by atoms with van der Waals surface area (Å²) in [7, 11) is -3.64. The molecular weight excluding hydrogens is 374 g/mol. The van der Waals surface area contributed by atoms with E-state index in [-0.39, 0.29) is 11.9 Å². The van der Waals surface area contributed by atoms with Crippen LogP contribution in [0.15, 0.2) is 48.5 Å². The van der Waals surface area contributed by atoms with Crippen LogP contribution in [-0.4, -0.2) is 20.9 Å². The minimum Gasteiger partial charge on any atom is -0.345 e. The monoisotopic (exact) mass is 401 g/mol. The zero-order valence-electron chi connectivity index (χ0n) is 15.9. The third-order valence-corrected chi connectivity index (χ3v) is 5.69. The molecule has 0 aromatic heterocycles. The first-order valence-corrected chi connectivity index (χ1v) is 11.2. The Morgan fingerprint density at radius 3 is 2.07 bits per heavy atom. The molecule has 3 rings (SSSR count). The molecule has 0 fully saturated rings. The van der Waals surface area contributed by atoms with Crippen LogP contribution in [0.5, 0.6) is 0 Å². The Morgan fingerprint density at radius 2 is 1.50 bits per heavy atom. The summed E-state index contributed by atoms with van der Waals surface area (Å²) in [6.45, 7) is 0.295. The summed E-state index contributed by atoms with van der Waals surface area (Å²) in [5.41, 5.74) is 4.88. The van der Waals surface area contributed by atoms with Crippen molar-refractivity contribution in [1.29, 1.82) is 0 Å². The average molecular weight is 402 g/mol. The number of hydrogen-bond acceptors (Lipinski definition) is 3. The second-order valence-corrected chi connectivity index (χ2v) is 8.53. The van der Waals surface area contributed by atoms with E-state index in [1.807, 2.05) is 24.3 Å². The Morgan fingerprint density at radius 1 is 0.929 bits per heavy atom. The molecule has 2 aromatic carbocycles. The zero-order valence-corrected chi connectivity index (χ0v) is 16.7. The Kier molecular flexibility index (Phi) is 6.83. The van der Waals surface area contributed by atoms with Crippen molar-refractivity contribution in [3.8, 4) is 0 Å². The highest BCUT2D eigenvalue weighted by molar-refractivity contribution is 7.87. The third kappa shape index (κ3) is 5.64. The minimum absolute atomic E-state index is 0.0101. The van der Waals surface area contributed by atoms with Gasteiger partial charge in [-0.3, -0.25) is 4.79 Å².